The monoisotopic (exact) mass is 320 g/mol. The van der Waals surface area contributed by atoms with Gasteiger partial charge < -0.3 is 13.9 Å². The van der Waals surface area contributed by atoms with Crippen molar-refractivity contribution >= 4 is 21.2 Å². The summed E-state index contributed by atoms with van der Waals surface area (Å²) in [6.45, 7) is 0. The summed E-state index contributed by atoms with van der Waals surface area (Å²) in [7, 11) is -2.11. The molecule has 0 radical (unpaired) electrons. The Bertz CT molecular complexity index is 903. The van der Waals surface area contributed by atoms with E-state index in [0.717, 1.165) is 11.8 Å². The molecule has 3 rings (SSSR count). The number of hydrogen-bond donors (Lipinski definition) is 1. The van der Waals surface area contributed by atoms with Crippen LogP contribution < -0.4 is 8.92 Å². The second-order valence-electron chi connectivity index (χ2n) is 4.52. The van der Waals surface area contributed by atoms with Gasteiger partial charge in [0.25, 0.3) is 0 Å². The summed E-state index contributed by atoms with van der Waals surface area (Å²) in [5, 5.41) is 7.54. The molecule has 1 N–H and O–H groups in total. The Hall–Kier alpha value is -2.68. The molecular formula is C13H12N4O4S. The zero-order valence-electron chi connectivity index (χ0n) is 11.8. The molecule has 22 heavy (non-hydrogen) atoms. The first-order valence-electron chi connectivity index (χ1n) is 6.20. The maximum Gasteiger partial charge on any atom is 0.306 e. The molecule has 0 atom stereocenters. The maximum atomic E-state index is 11.2. The van der Waals surface area contributed by atoms with Gasteiger partial charge in [0.1, 0.15) is 22.8 Å². The summed E-state index contributed by atoms with van der Waals surface area (Å²) in [6, 6.07) is 4.68. The second-order valence-corrected chi connectivity index (χ2v) is 6.10. The molecular weight excluding hydrogens is 308 g/mol. The first-order chi connectivity index (χ1) is 10.5. The molecule has 0 aliphatic rings. The highest BCUT2D eigenvalue weighted by Gasteiger charge is 2.14. The predicted molar refractivity (Wildman–Crippen MR) is 79.1 cm³/mol. The van der Waals surface area contributed by atoms with E-state index in [9.17, 15) is 8.42 Å². The fraction of sp³-hybridized carbons (Fsp3) is 0.154. The van der Waals surface area contributed by atoms with Gasteiger partial charge in [0.2, 0.25) is 0 Å². The number of methoxy groups -OCH3 is 1. The molecule has 0 bridgehead atoms. The molecule has 8 nitrogen and oxygen atoms in total. The topological polar surface area (TPSA) is 107 Å². The Labute approximate surface area is 126 Å². The number of imidazole rings is 1. The third-order valence-electron chi connectivity index (χ3n) is 2.87. The number of aromatic amines is 1. The van der Waals surface area contributed by atoms with E-state index in [0.29, 0.717) is 22.7 Å². The SMILES string of the molecule is COc1cc(OS(C)(=O)=O)ccc1-c1nc2cnncc2[nH]1. The van der Waals surface area contributed by atoms with Gasteiger partial charge >= 0.3 is 10.1 Å². The van der Waals surface area contributed by atoms with E-state index >= 15 is 0 Å². The van der Waals surface area contributed by atoms with Crippen molar-refractivity contribution in [2.24, 2.45) is 0 Å². The van der Waals surface area contributed by atoms with Crippen molar-refractivity contribution in [1.82, 2.24) is 20.2 Å². The number of ether oxygens (including phenoxy) is 1. The average molecular weight is 320 g/mol. The lowest BCUT2D eigenvalue weighted by Crippen LogP contribution is -2.05. The first-order valence-corrected chi connectivity index (χ1v) is 8.02. The Morgan fingerprint density at radius 1 is 1.18 bits per heavy atom. The van der Waals surface area contributed by atoms with E-state index in [4.69, 9.17) is 8.92 Å². The van der Waals surface area contributed by atoms with E-state index in [-0.39, 0.29) is 5.75 Å². The highest BCUT2D eigenvalue weighted by molar-refractivity contribution is 7.86. The lowest BCUT2D eigenvalue weighted by molar-refractivity contribution is 0.413. The summed E-state index contributed by atoms with van der Waals surface area (Å²) < 4.78 is 32.5. The van der Waals surface area contributed by atoms with Crippen LogP contribution in [0.3, 0.4) is 0 Å². The Morgan fingerprint density at radius 3 is 2.64 bits per heavy atom. The van der Waals surface area contributed by atoms with Gasteiger partial charge in [-0.25, -0.2) is 4.98 Å². The maximum absolute atomic E-state index is 11.2. The molecule has 3 aromatic rings. The number of benzene rings is 1. The van der Waals surface area contributed by atoms with Gasteiger partial charge in [-0.2, -0.15) is 18.6 Å². The molecule has 114 valence electrons. The van der Waals surface area contributed by atoms with Crippen LogP contribution in [-0.2, 0) is 10.1 Å². The first kappa shape index (κ1) is 14.3. The van der Waals surface area contributed by atoms with Gasteiger partial charge in [-0.15, -0.1) is 0 Å². The van der Waals surface area contributed by atoms with Crippen molar-refractivity contribution in [3.63, 3.8) is 0 Å². The number of H-pyrrole nitrogens is 1. The van der Waals surface area contributed by atoms with E-state index < -0.39 is 10.1 Å². The summed E-state index contributed by atoms with van der Waals surface area (Å²) >= 11 is 0. The van der Waals surface area contributed by atoms with Gasteiger partial charge in [-0.3, -0.25) is 0 Å². The fourth-order valence-electron chi connectivity index (χ4n) is 2.00. The molecule has 0 saturated carbocycles. The van der Waals surface area contributed by atoms with Crippen LogP contribution >= 0.6 is 0 Å². The number of aromatic nitrogens is 4. The Morgan fingerprint density at radius 2 is 1.95 bits per heavy atom. The van der Waals surface area contributed by atoms with Gasteiger partial charge in [0.15, 0.2) is 0 Å². The third kappa shape index (κ3) is 2.84. The van der Waals surface area contributed by atoms with Crippen LogP contribution in [0.4, 0.5) is 0 Å². The Kier molecular flexibility index (Phi) is 3.41. The van der Waals surface area contributed by atoms with Crippen molar-refractivity contribution in [2.75, 3.05) is 13.4 Å². The van der Waals surface area contributed by atoms with Crippen LogP contribution in [0, 0.1) is 0 Å². The van der Waals surface area contributed by atoms with Gasteiger partial charge in [0, 0.05) is 6.07 Å². The van der Waals surface area contributed by atoms with Crippen molar-refractivity contribution in [1.29, 1.82) is 0 Å². The zero-order chi connectivity index (χ0) is 15.7. The van der Waals surface area contributed by atoms with Gasteiger partial charge in [-0.05, 0) is 12.1 Å². The smallest absolute Gasteiger partial charge is 0.306 e. The van der Waals surface area contributed by atoms with Crippen LogP contribution in [0.1, 0.15) is 0 Å². The van der Waals surface area contributed by atoms with Crippen molar-refractivity contribution in [3.8, 4) is 22.9 Å². The van der Waals surface area contributed by atoms with Crippen LogP contribution in [0.2, 0.25) is 0 Å². The summed E-state index contributed by atoms with van der Waals surface area (Å²) in [5.41, 5.74) is 2.08. The molecule has 2 aromatic heterocycles. The van der Waals surface area contributed by atoms with Gasteiger partial charge in [0.05, 0.1) is 36.8 Å². The van der Waals surface area contributed by atoms with Crippen LogP contribution in [0.25, 0.3) is 22.4 Å². The Balaban J connectivity index is 2.06. The van der Waals surface area contributed by atoms with E-state index in [2.05, 4.69) is 20.2 Å². The standard InChI is InChI=1S/C13H12N4O4S/c1-20-12-5-8(21-22(2,18)19)3-4-9(12)13-16-10-6-14-15-7-11(10)17-13/h3-7H,1-2H3,(H,16,17). The molecule has 0 amide bonds. The van der Waals surface area contributed by atoms with Crippen molar-refractivity contribution < 1.29 is 17.3 Å². The minimum absolute atomic E-state index is 0.169. The molecule has 2 heterocycles. The molecule has 1 aromatic carbocycles. The van der Waals surface area contributed by atoms with Crippen LogP contribution in [0.5, 0.6) is 11.5 Å². The highest BCUT2D eigenvalue weighted by Crippen LogP contribution is 2.32. The largest absolute Gasteiger partial charge is 0.496 e. The quantitative estimate of drug-likeness (QED) is 0.723. The molecule has 0 unspecified atom stereocenters. The van der Waals surface area contributed by atoms with Crippen molar-refractivity contribution in [2.45, 2.75) is 0 Å². The van der Waals surface area contributed by atoms with Crippen LogP contribution in [-0.4, -0.2) is 41.9 Å². The highest BCUT2D eigenvalue weighted by atomic mass is 32.2. The molecule has 0 fully saturated rings. The number of rotatable bonds is 4. The van der Waals surface area contributed by atoms with E-state index in [1.54, 1.807) is 18.5 Å². The average Bonchev–Trinajstić information content (AvgIpc) is 2.89. The number of hydrogen-bond acceptors (Lipinski definition) is 7. The normalized spacial score (nSPS) is 11.5. The lowest BCUT2D eigenvalue weighted by Gasteiger charge is -2.09. The third-order valence-corrected chi connectivity index (χ3v) is 3.37. The predicted octanol–water partition coefficient (Wildman–Crippen LogP) is 1.37. The lowest BCUT2D eigenvalue weighted by atomic mass is 10.2. The number of nitrogens with one attached hydrogen (secondary N) is 1. The van der Waals surface area contributed by atoms with E-state index in [1.807, 2.05) is 0 Å². The number of fused-ring (bicyclic) bond motifs is 1. The van der Waals surface area contributed by atoms with Gasteiger partial charge in [-0.1, -0.05) is 0 Å². The minimum Gasteiger partial charge on any atom is -0.496 e. The number of nitrogens with zero attached hydrogens (tertiary/aromatic N) is 3. The molecule has 9 heteroatoms. The molecule has 0 saturated heterocycles. The fourth-order valence-corrected chi connectivity index (χ4v) is 2.45. The summed E-state index contributed by atoms with van der Waals surface area (Å²) in [5.74, 6) is 1.16. The second kappa shape index (κ2) is 5.26. The summed E-state index contributed by atoms with van der Waals surface area (Å²) in [4.78, 5) is 7.50. The van der Waals surface area contributed by atoms with Crippen molar-refractivity contribution in [3.05, 3.63) is 30.6 Å². The van der Waals surface area contributed by atoms with E-state index in [1.165, 1.54) is 19.2 Å². The molecule has 0 aliphatic carbocycles. The zero-order valence-corrected chi connectivity index (χ0v) is 12.6. The minimum atomic E-state index is -3.60. The molecule has 0 aliphatic heterocycles. The van der Waals surface area contributed by atoms with Crippen LogP contribution in [0.15, 0.2) is 30.6 Å². The molecule has 0 spiro atoms. The summed E-state index contributed by atoms with van der Waals surface area (Å²) in [6.07, 6.45) is 4.09.